The van der Waals surface area contributed by atoms with Gasteiger partial charge in [-0.1, -0.05) is 12.1 Å². The van der Waals surface area contributed by atoms with E-state index in [1.807, 2.05) is 0 Å². The number of hydrogen-bond acceptors (Lipinski definition) is 5. The molecule has 0 aliphatic rings. The Hall–Kier alpha value is -1.63. The van der Waals surface area contributed by atoms with Crippen LogP contribution in [0.3, 0.4) is 0 Å². The minimum Gasteiger partial charge on any atom is -0.390 e. The zero-order valence-electron chi connectivity index (χ0n) is 9.80. The molecule has 0 spiro atoms. The van der Waals surface area contributed by atoms with Crippen LogP contribution >= 0.6 is 11.6 Å². The van der Waals surface area contributed by atoms with Crippen molar-refractivity contribution in [1.82, 2.24) is 4.98 Å². The number of aliphatic hydroxyl groups is 2. The molecule has 102 valence electrons. The summed E-state index contributed by atoms with van der Waals surface area (Å²) in [6.45, 7) is 0. The van der Waals surface area contributed by atoms with E-state index < -0.39 is 23.6 Å². The highest BCUT2D eigenvalue weighted by molar-refractivity contribution is 6.17. The summed E-state index contributed by atoms with van der Waals surface area (Å²) in [5.41, 5.74) is -0.414. The molecule has 2 rings (SSSR count). The summed E-state index contributed by atoms with van der Waals surface area (Å²) in [6.07, 6.45) is -2.21. The van der Waals surface area contributed by atoms with Crippen LogP contribution in [0.15, 0.2) is 32.2 Å². The largest absolute Gasteiger partial charge is 0.419 e. The molecule has 0 saturated heterocycles. The molecular formula is C12H12ClNO5. The van der Waals surface area contributed by atoms with Crippen LogP contribution in [-0.4, -0.2) is 27.2 Å². The maximum absolute atomic E-state index is 11.7. The zero-order valence-corrected chi connectivity index (χ0v) is 10.6. The summed E-state index contributed by atoms with van der Waals surface area (Å²) in [6, 6.07) is 4.56. The Morgan fingerprint density at radius 3 is 2.74 bits per heavy atom. The number of nitrogens with one attached hydrogen (secondary N) is 1. The quantitative estimate of drug-likeness (QED) is 0.710. The van der Waals surface area contributed by atoms with Gasteiger partial charge in [0, 0.05) is 5.88 Å². The first-order valence-electron chi connectivity index (χ1n) is 5.62. The Morgan fingerprint density at radius 2 is 2.05 bits per heavy atom. The molecule has 0 bridgehead atoms. The molecule has 1 aromatic heterocycles. The van der Waals surface area contributed by atoms with Crippen molar-refractivity contribution >= 4 is 22.5 Å². The second-order valence-electron chi connectivity index (χ2n) is 4.06. The molecule has 2 atom stereocenters. The van der Waals surface area contributed by atoms with Crippen molar-refractivity contribution in [3.05, 3.63) is 44.7 Å². The zero-order chi connectivity index (χ0) is 14.0. The minimum atomic E-state index is -1.28. The average molecular weight is 286 g/mol. The van der Waals surface area contributed by atoms with E-state index in [0.717, 1.165) is 0 Å². The second kappa shape index (κ2) is 5.56. The third-order valence-corrected chi connectivity index (χ3v) is 3.03. The lowest BCUT2D eigenvalue weighted by molar-refractivity contribution is 0.0178. The summed E-state index contributed by atoms with van der Waals surface area (Å²) in [5.74, 6) is -0.695. The van der Waals surface area contributed by atoms with Gasteiger partial charge in [0.05, 0.1) is 17.0 Å². The van der Waals surface area contributed by atoms with Crippen LogP contribution in [0.4, 0.5) is 0 Å². The second-order valence-corrected chi connectivity index (χ2v) is 4.44. The molecule has 0 aliphatic heterocycles. The van der Waals surface area contributed by atoms with Gasteiger partial charge in [0.2, 0.25) is 0 Å². The van der Waals surface area contributed by atoms with Gasteiger partial charge in [-0.15, -0.1) is 11.6 Å². The SMILES string of the molecule is O=c1[nH]c2cccc(C(O)C(O)CCCl)c2c(=O)o1. The third kappa shape index (κ3) is 2.70. The van der Waals surface area contributed by atoms with Gasteiger partial charge in [-0.3, -0.25) is 4.98 Å². The smallest absolute Gasteiger partial charge is 0.390 e. The molecule has 2 unspecified atom stereocenters. The van der Waals surface area contributed by atoms with E-state index in [0.29, 0.717) is 0 Å². The van der Waals surface area contributed by atoms with Gasteiger partial charge in [-0.25, -0.2) is 9.59 Å². The number of fused-ring (bicyclic) bond motifs is 1. The summed E-state index contributed by atoms with van der Waals surface area (Å²) < 4.78 is 4.44. The van der Waals surface area contributed by atoms with E-state index in [9.17, 15) is 19.8 Å². The normalized spacial score (nSPS) is 14.5. The summed E-state index contributed by atoms with van der Waals surface area (Å²) in [5, 5.41) is 19.8. The van der Waals surface area contributed by atoms with Crippen molar-refractivity contribution < 1.29 is 14.6 Å². The van der Waals surface area contributed by atoms with E-state index >= 15 is 0 Å². The summed E-state index contributed by atoms with van der Waals surface area (Å²) in [7, 11) is 0. The topological polar surface area (TPSA) is 104 Å². The Balaban J connectivity index is 2.61. The highest BCUT2D eigenvalue weighted by Crippen LogP contribution is 2.24. The van der Waals surface area contributed by atoms with Crippen LogP contribution in [0.1, 0.15) is 18.1 Å². The monoisotopic (exact) mass is 285 g/mol. The van der Waals surface area contributed by atoms with Gasteiger partial charge in [-0.05, 0) is 18.1 Å². The van der Waals surface area contributed by atoms with Crippen LogP contribution in [-0.2, 0) is 0 Å². The van der Waals surface area contributed by atoms with Crippen LogP contribution < -0.4 is 11.4 Å². The Bertz CT molecular complexity index is 692. The molecule has 1 aromatic carbocycles. The molecule has 2 aromatic rings. The van der Waals surface area contributed by atoms with Crippen LogP contribution in [0, 0.1) is 0 Å². The number of halogens is 1. The number of rotatable bonds is 4. The molecule has 0 radical (unpaired) electrons. The lowest BCUT2D eigenvalue weighted by Gasteiger charge is -2.18. The number of H-pyrrole nitrogens is 1. The molecule has 0 aliphatic carbocycles. The number of aliphatic hydroxyl groups excluding tert-OH is 2. The molecule has 1 heterocycles. The fourth-order valence-electron chi connectivity index (χ4n) is 1.90. The highest BCUT2D eigenvalue weighted by atomic mass is 35.5. The van der Waals surface area contributed by atoms with Crippen molar-refractivity contribution in [3.63, 3.8) is 0 Å². The lowest BCUT2D eigenvalue weighted by Crippen LogP contribution is -2.22. The first kappa shape index (κ1) is 13.8. The Morgan fingerprint density at radius 1 is 1.32 bits per heavy atom. The van der Waals surface area contributed by atoms with Crippen LogP contribution in [0.5, 0.6) is 0 Å². The van der Waals surface area contributed by atoms with Crippen molar-refractivity contribution in [3.8, 4) is 0 Å². The minimum absolute atomic E-state index is 0.0447. The fraction of sp³-hybridized carbons (Fsp3) is 0.333. The first-order chi connectivity index (χ1) is 9.04. The average Bonchev–Trinajstić information content (AvgIpc) is 2.37. The number of alkyl halides is 1. The van der Waals surface area contributed by atoms with Crippen molar-refractivity contribution in [1.29, 1.82) is 0 Å². The van der Waals surface area contributed by atoms with Gasteiger partial charge < -0.3 is 14.6 Å². The van der Waals surface area contributed by atoms with Crippen LogP contribution in [0.25, 0.3) is 10.9 Å². The standard InChI is InChI=1S/C12H12ClNO5/c13-5-4-8(15)10(16)6-2-1-3-7-9(6)11(17)19-12(18)14-7/h1-3,8,10,15-16H,4-5H2,(H,14,18). The Labute approximate surface area is 112 Å². The van der Waals surface area contributed by atoms with Crippen molar-refractivity contribution in [2.45, 2.75) is 18.6 Å². The molecule has 7 heteroatoms. The maximum Gasteiger partial charge on any atom is 0.419 e. The number of hydrogen-bond donors (Lipinski definition) is 3. The van der Waals surface area contributed by atoms with E-state index in [4.69, 9.17) is 11.6 Å². The number of benzene rings is 1. The Kier molecular flexibility index (Phi) is 4.04. The summed E-state index contributed by atoms with van der Waals surface area (Å²) in [4.78, 5) is 25.1. The molecule has 0 fully saturated rings. The molecule has 19 heavy (non-hydrogen) atoms. The number of aromatic amines is 1. The molecule has 3 N–H and O–H groups in total. The van der Waals surface area contributed by atoms with Crippen LogP contribution in [0.2, 0.25) is 0 Å². The van der Waals surface area contributed by atoms with Crippen molar-refractivity contribution in [2.24, 2.45) is 0 Å². The fourth-order valence-corrected chi connectivity index (χ4v) is 2.12. The van der Waals surface area contributed by atoms with E-state index in [-0.39, 0.29) is 28.8 Å². The molecular weight excluding hydrogens is 274 g/mol. The van der Waals surface area contributed by atoms with Gasteiger partial charge in [0.25, 0.3) is 0 Å². The molecule has 0 amide bonds. The van der Waals surface area contributed by atoms with E-state index in [2.05, 4.69) is 9.40 Å². The summed E-state index contributed by atoms with van der Waals surface area (Å²) >= 11 is 5.50. The predicted octanol–water partition coefficient (Wildman–Crippen LogP) is 0.504. The van der Waals surface area contributed by atoms with Crippen molar-refractivity contribution in [2.75, 3.05) is 5.88 Å². The third-order valence-electron chi connectivity index (χ3n) is 2.81. The van der Waals surface area contributed by atoms with E-state index in [1.54, 1.807) is 6.07 Å². The first-order valence-corrected chi connectivity index (χ1v) is 6.16. The van der Waals surface area contributed by atoms with Gasteiger partial charge in [0.1, 0.15) is 6.10 Å². The lowest BCUT2D eigenvalue weighted by atomic mass is 9.99. The van der Waals surface area contributed by atoms with Gasteiger partial charge in [-0.2, -0.15) is 0 Å². The van der Waals surface area contributed by atoms with E-state index in [1.165, 1.54) is 12.1 Å². The molecule has 0 saturated carbocycles. The van der Waals surface area contributed by atoms with Gasteiger partial charge in [0.15, 0.2) is 0 Å². The van der Waals surface area contributed by atoms with Gasteiger partial charge >= 0.3 is 11.4 Å². The number of aromatic nitrogens is 1. The predicted molar refractivity (Wildman–Crippen MR) is 69.4 cm³/mol. The highest BCUT2D eigenvalue weighted by Gasteiger charge is 2.22. The maximum atomic E-state index is 11.7. The molecule has 6 nitrogen and oxygen atoms in total.